The summed E-state index contributed by atoms with van der Waals surface area (Å²) in [6, 6.07) is 4.62. The van der Waals surface area contributed by atoms with Gasteiger partial charge in [-0.1, -0.05) is 0 Å². The highest BCUT2D eigenvalue weighted by molar-refractivity contribution is 7.10. The largest absolute Gasteiger partial charge is 0.367 e. The van der Waals surface area contributed by atoms with Gasteiger partial charge in [0.25, 0.3) is 5.91 Å². The molecule has 0 radical (unpaired) electrons. The van der Waals surface area contributed by atoms with Crippen LogP contribution in [-0.2, 0) is 4.79 Å². The highest BCUT2D eigenvalue weighted by atomic mass is 32.1. The zero-order valence-corrected chi connectivity index (χ0v) is 19.1. The molecular formula is C23H25N7O2S. The Morgan fingerprint density at radius 2 is 2.03 bits per heavy atom. The van der Waals surface area contributed by atoms with Gasteiger partial charge in [-0.3, -0.25) is 15.0 Å². The maximum atomic E-state index is 12.0. The van der Waals surface area contributed by atoms with Crippen molar-refractivity contribution in [2.24, 2.45) is 0 Å². The van der Waals surface area contributed by atoms with Gasteiger partial charge in [0.1, 0.15) is 11.5 Å². The number of imide groups is 1. The third kappa shape index (κ3) is 3.89. The second kappa shape index (κ2) is 7.96. The zero-order valence-electron chi connectivity index (χ0n) is 18.3. The molecule has 1 unspecified atom stereocenters. The molecule has 0 aromatic carbocycles. The third-order valence-corrected chi connectivity index (χ3v) is 7.57. The van der Waals surface area contributed by atoms with Crippen LogP contribution < -0.4 is 16.0 Å². The van der Waals surface area contributed by atoms with Crippen LogP contribution in [0, 0.1) is 0 Å². The number of hydrogen-bond acceptors (Lipinski definition) is 7. The lowest BCUT2D eigenvalue weighted by Gasteiger charge is -2.22. The molecule has 2 aliphatic heterocycles. The fraction of sp³-hybridized carbons (Fsp3) is 0.391. The number of likely N-dealkylation sites (tertiary alicyclic amines) is 1. The van der Waals surface area contributed by atoms with Gasteiger partial charge in [0.05, 0.1) is 11.9 Å². The van der Waals surface area contributed by atoms with E-state index in [1.54, 1.807) is 28.1 Å². The third-order valence-electron chi connectivity index (χ3n) is 6.46. The van der Waals surface area contributed by atoms with Crippen LogP contribution in [0.4, 0.5) is 10.6 Å². The number of fused-ring (bicyclic) bond motifs is 1. The lowest BCUT2D eigenvalue weighted by molar-refractivity contribution is -0.115. The SMILES string of the molecule is CC(c1cc(-c2cc(NC3CC3)n3ncc(/C=C4\NC(=O)NC4=O)c3n2)cs1)N1CCCC1. The first-order chi connectivity index (χ1) is 16.0. The zero-order chi connectivity index (χ0) is 22.5. The second-order valence-electron chi connectivity index (χ2n) is 8.90. The molecule has 1 aliphatic carbocycles. The van der Waals surface area contributed by atoms with Gasteiger partial charge in [-0.25, -0.2) is 9.78 Å². The minimum atomic E-state index is -0.523. The Kier molecular flexibility index (Phi) is 4.92. The Bertz CT molecular complexity index is 1280. The highest BCUT2D eigenvalue weighted by Crippen LogP contribution is 2.35. The van der Waals surface area contributed by atoms with Crippen molar-refractivity contribution in [3.05, 3.63) is 39.8 Å². The number of nitrogens with one attached hydrogen (secondary N) is 3. The highest BCUT2D eigenvalue weighted by Gasteiger charge is 2.26. The summed E-state index contributed by atoms with van der Waals surface area (Å²) in [5.41, 5.74) is 3.44. The van der Waals surface area contributed by atoms with Crippen LogP contribution in [-0.4, -0.2) is 50.6 Å². The van der Waals surface area contributed by atoms with E-state index in [1.165, 1.54) is 17.7 Å². The first kappa shape index (κ1) is 20.4. The molecule has 5 heterocycles. The molecule has 33 heavy (non-hydrogen) atoms. The van der Waals surface area contributed by atoms with E-state index in [0.29, 0.717) is 23.3 Å². The quantitative estimate of drug-likeness (QED) is 0.383. The standard InChI is InChI=1S/C23H25N7O2S/c1-13(29-6-2-3-7-29)19-9-15(12-33-19)17-10-20(25-16-4-5-16)30-21(26-17)14(11-24-30)8-18-22(31)28-23(32)27-18/h8-13,16,25H,2-7H2,1H3,(H2,27,28,31,32)/b18-8-. The Hall–Kier alpha value is -3.24. The number of nitrogens with zero attached hydrogens (tertiary/aromatic N) is 4. The van der Waals surface area contributed by atoms with Crippen LogP contribution in [0.15, 0.2) is 29.4 Å². The predicted octanol–water partition coefficient (Wildman–Crippen LogP) is 3.37. The fourth-order valence-electron chi connectivity index (χ4n) is 4.42. The summed E-state index contributed by atoms with van der Waals surface area (Å²) >= 11 is 1.77. The molecular weight excluding hydrogens is 438 g/mol. The van der Waals surface area contributed by atoms with E-state index in [4.69, 9.17) is 4.98 Å². The monoisotopic (exact) mass is 463 g/mol. The van der Waals surface area contributed by atoms with Crippen molar-refractivity contribution >= 4 is 40.8 Å². The van der Waals surface area contributed by atoms with Gasteiger partial charge in [0.2, 0.25) is 0 Å². The number of thiophene rings is 1. The van der Waals surface area contributed by atoms with Crippen LogP contribution in [0.25, 0.3) is 23.0 Å². The Labute approximate surface area is 194 Å². The Morgan fingerprint density at radius 3 is 2.76 bits per heavy atom. The summed E-state index contributed by atoms with van der Waals surface area (Å²) in [7, 11) is 0. The van der Waals surface area contributed by atoms with Crippen molar-refractivity contribution in [2.75, 3.05) is 18.4 Å². The molecule has 3 N–H and O–H groups in total. The van der Waals surface area contributed by atoms with Crippen LogP contribution in [0.5, 0.6) is 0 Å². The number of hydrogen-bond donors (Lipinski definition) is 3. The van der Waals surface area contributed by atoms with Crippen molar-refractivity contribution in [1.82, 2.24) is 30.1 Å². The first-order valence-electron chi connectivity index (χ1n) is 11.4. The predicted molar refractivity (Wildman–Crippen MR) is 127 cm³/mol. The maximum absolute atomic E-state index is 12.0. The Balaban J connectivity index is 1.40. The smallest absolute Gasteiger partial charge is 0.326 e. The summed E-state index contributed by atoms with van der Waals surface area (Å²) in [6.45, 7) is 4.60. The number of urea groups is 1. The van der Waals surface area contributed by atoms with Crippen LogP contribution >= 0.6 is 11.3 Å². The summed E-state index contributed by atoms with van der Waals surface area (Å²) < 4.78 is 1.77. The van der Waals surface area contributed by atoms with Crippen molar-refractivity contribution in [3.63, 3.8) is 0 Å². The second-order valence-corrected chi connectivity index (χ2v) is 9.85. The molecule has 3 aromatic heterocycles. The molecule has 6 rings (SSSR count). The van der Waals surface area contributed by atoms with Gasteiger partial charge >= 0.3 is 6.03 Å². The van der Waals surface area contributed by atoms with Crippen molar-refractivity contribution in [2.45, 2.75) is 44.7 Å². The van der Waals surface area contributed by atoms with Crippen molar-refractivity contribution < 1.29 is 9.59 Å². The number of anilines is 1. The minimum Gasteiger partial charge on any atom is -0.367 e. The summed E-state index contributed by atoms with van der Waals surface area (Å²) in [5.74, 6) is 0.424. The molecule has 3 amide bonds. The van der Waals surface area contributed by atoms with Gasteiger partial charge in [-0.05, 0) is 57.8 Å². The van der Waals surface area contributed by atoms with Gasteiger partial charge < -0.3 is 10.6 Å². The average molecular weight is 464 g/mol. The topological polar surface area (TPSA) is 104 Å². The molecule has 9 nitrogen and oxygen atoms in total. The number of rotatable bonds is 6. The lowest BCUT2D eigenvalue weighted by atomic mass is 10.1. The molecule has 2 saturated heterocycles. The van der Waals surface area contributed by atoms with Gasteiger partial charge in [0.15, 0.2) is 5.65 Å². The molecule has 0 spiro atoms. The molecule has 3 aliphatic rings. The van der Waals surface area contributed by atoms with E-state index in [-0.39, 0.29) is 5.70 Å². The molecule has 0 bridgehead atoms. The van der Waals surface area contributed by atoms with E-state index in [0.717, 1.165) is 43.0 Å². The number of aromatic nitrogens is 3. The van der Waals surface area contributed by atoms with E-state index < -0.39 is 11.9 Å². The number of carbonyl (C=O) groups is 2. The molecule has 10 heteroatoms. The van der Waals surface area contributed by atoms with E-state index >= 15 is 0 Å². The van der Waals surface area contributed by atoms with Crippen LogP contribution in [0.2, 0.25) is 0 Å². The number of carbonyl (C=O) groups excluding carboxylic acids is 2. The first-order valence-corrected chi connectivity index (χ1v) is 12.3. The summed E-state index contributed by atoms with van der Waals surface area (Å²) in [5, 5.41) is 15.0. The van der Waals surface area contributed by atoms with Gasteiger partial charge in [-0.2, -0.15) is 9.61 Å². The molecule has 1 saturated carbocycles. The molecule has 3 fully saturated rings. The lowest BCUT2D eigenvalue weighted by Crippen LogP contribution is -2.22. The average Bonchev–Trinajstić information content (AvgIpc) is 3.25. The molecule has 170 valence electrons. The normalized spacial score (nSPS) is 21.1. The van der Waals surface area contributed by atoms with E-state index in [2.05, 4.69) is 44.3 Å². The van der Waals surface area contributed by atoms with Gasteiger partial charge in [0, 0.05) is 39.5 Å². The van der Waals surface area contributed by atoms with Crippen LogP contribution in [0.3, 0.4) is 0 Å². The maximum Gasteiger partial charge on any atom is 0.326 e. The molecule has 1 atom stereocenters. The van der Waals surface area contributed by atoms with Crippen molar-refractivity contribution in [1.29, 1.82) is 0 Å². The summed E-state index contributed by atoms with van der Waals surface area (Å²) in [6.07, 6.45) is 8.11. The van der Waals surface area contributed by atoms with Crippen LogP contribution in [0.1, 0.15) is 49.1 Å². The molecule has 3 aromatic rings. The van der Waals surface area contributed by atoms with E-state index in [9.17, 15) is 9.59 Å². The van der Waals surface area contributed by atoms with Gasteiger partial charge in [-0.15, -0.1) is 11.3 Å². The summed E-state index contributed by atoms with van der Waals surface area (Å²) in [4.78, 5) is 32.3. The fourth-order valence-corrected chi connectivity index (χ4v) is 5.41. The Morgan fingerprint density at radius 1 is 1.21 bits per heavy atom. The minimum absolute atomic E-state index is 0.191. The van der Waals surface area contributed by atoms with Crippen molar-refractivity contribution in [3.8, 4) is 11.3 Å². The number of amides is 3. The van der Waals surface area contributed by atoms with E-state index in [1.807, 2.05) is 6.07 Å².